The van der Waals surface area contributed by atoms with Gasteiger partial charge in [0.05, 0.1) is 17.6 Å². The van der Waals surface area contributed by atoms with Crippen molar-refractivity contribution in [2.45, 2.75) is 6.42 Å². The number of hydrogen-bond donors (Lipinski definition) is 0. The van der Waals surface area contributed by atoms with Crippen molar-refractivity contribution in [2.24, 2.45) is 0 Å². The second kappa shape index (κ2) is 4.00. The van der Waals surface area contributed by atoms with Gasteiger partial charge in [0.2, 0.25) is 0 Å². The van der Waals surface area contributed by atoms with E-state index in [-0.39, 0.29) is 12.2 Å². The van der Waals surface area contributed by atoms with E-state index in [2.05, 4.69) is 10.3 Å². The molecule has 76 valence electrons. The maximum Gasteiger partial charge on any atom is 0.126 e. The molecule has 2 aromatic rings. The highest BCUT2D eigenvalue weighted by molar-refractivity contribution is 5.54. The third-order valence-electron chi connectivity index (χ3n) is 1.97. The van der Waals surface area contributed by atoms with E-state index >= 15 is 0 Å². The SMILES string of the molecule is O=CCc1cnnn1-c1cccc(F)c1. The number of hydrogen-bond acceptors (Lipinski definition) is 3. The first-order valence-corrected chi connectivity index (χ1v) is 4.40. The van der Waals surface area contributed by atoms with Gasteiger partial charge in [-0.2, -0.15) is 0 Å². The number of aromatic nitrogens is 3. The maximum absolute atomic E-state index is 12.9. The summed E-state index contributed by atoms with van der Waals surface area (Å²) < 4.78 is 14.4. The normalized spacial score (nSPS) is 10.2. The Hall–Kier alpha value is -2.04. The first-order valence-electron chi connectivity index (χ1n) is 4.40. The van der Waals surface area contributed by atoms with Crippen LogP contribution in [0.5, 0.6) is 0 Å². The van der Waals surface area contributed by atoms with Crippen LogP contribution in [0.3, 0.4) is 0 Å². The van der Waals surface area contributed by atoms with E-state index in [1.807, 2.05) is 0 Å². The molecule has 0 atom stereocenters. The molecule has 0 aliphatic carbocycles. The van der Waals surface area contributed by atoms with Crippen LogP contribution < -0.4 is 0 Å². The van der Waals surface area contributed by atoms with Gasteiger partial charge in [0.25, 0.3) is 0 Å². The van der Waals surface area contributed by atoms with Gasteiger partial charge in [0.1, 0.15) is 12.1 Å². The fourth-order valence-electron chi connectivity index (χ4n) is 1.31. The molecule has 1 heterocycles. The van der Waals surface area contributed by atoms with Gasteiger partial charge in [0, 0.05) is 6.42 Å². The van der Waals surface area contributed by atoms with E-state index in [4.69, 9.17) is 0 Å². The van der Waals surface area contributed by atoms with E-state index in [0.29, 0.717) is 11.4 Å². The van der Waals surface area contributed by atoms with Gasteiger partial charge in [-0.25, -0.2) is 9.07 Å². The Morgan fingerprint density at radius 1 is 1.47 bits per heavy atom. The van der Waals surface area contributed by atoms with Crippen molar-refractivity contribution in [3.05, 3.63) is 42.0 Å². The van der Waals surface area contributed by atoms with Gasteiger partial charge >= 0.3 is 0 Å². The van der Waals surface area contributed by atoms with Gasteiger partial charge in [-0.15, -0.1) is 5.10 Å². The van der Waals surface area contributed by atoms with Crippen LogP contribution in [0.25, 0.3) is 5.69 Å². The van der Waals surface area contributed by atoms with E-state index < -0.39 is 0 Å². The number of rotatable bonds is 3. The molecule has 5 heteroatoms. The molecule has 0 saturated carbocycles. The Bertz CT molecular complexity index is 481. The van der Waals surface area contributed by atoms with Crippen LogP contribution in [0.15, 0.2) is 30.5 Å². The number of carbonyl (C=O) groups excluding carboxylic acids is 1. The summed E-state index contributed by atoms with van der Waals surface area (Å²) in [7, 11) is 0. The summed E-state index contributed by atoms with van der Waals surface area (Å²) in [5.41, 5.74) is 1.19. The highest BCUT2D eigenvalue weighted by atomic mass is 19.1. The monoisotopic (exact) mass is 205 g/mol. The van der Waals surface area contributed by atoms with Crippen molar-refractivity contribution >= 4 is 6.29 Å². The van der Waals surface area contributed by atoms with E-state index in [9.17, 15) is 9.18 Å². The lowest BCUT2D eigenvalue weighted by molar-refractivity contribution is -0.107. The molecule has 0 amide bonds. The molecule has 0 N–H and O–H groups in total. The van der Waals surface area contributed by atoms with Crippen molar-refractivity contribution in [1.82, 2.24) is 15.0 Å². The van der Waals surface area contributed by atoms with Crippen LogP contribution in [-0.4, -0.2) is 21.3 Å². The van der Waals surface area contributed by atoms with Gasteiger partial charge in [-0.05, 0) is 18.2 Å². The minimum absolute atomic E-state index is 0.212. The molecule has 4 nitrogen and oxygen atoms in total. The lowest BCUT2D eigenvalue weighted by Crippen LogP contribution is -2.03. The van der Waals surface area contributed by atoms with Crippen LogP contribution in [0.4, 0.5) is 4.39 Å². The first kappa shape index (κ1) is 9.51. The minimum Gasteiger partial charge on any atom is -0.303 e. The van der Waals surface area contributed by atoms with Crippen LogP contribution >= 0.6 is 0 Å². The Morgan fingerprint density at radius 3 is 3.07 bits per heavy atom. The standard InChI is InChI=1S/C10H8FN3O/c11-8-2-1-3-9(6-8)14-10(4-5-15)7-12-13-14/h1-3,5-7H,4H2. The minimum atomic E-state index is -0.347. The second-order valence-electron chi connectivity index (χ2n) is 2.99. The smallest absolute Gasteiger partial charge is 0.126 e. The molecule has 0 saturated heterocycles. The molecule has 0 aliphatic heterocycles. The van der Waals surface area contributed by atoms with E-state index in [1.165, 1.54) is 23.0 Å². The molecule has 0 spiro atoms. The highest BCUT2D eigenvalue weighted by Gasteiger charge is 2.05. The number of carbonyl (C=O) groups is 1. The highest BCUT2D eigenvalue weighted by Crippen LogP contribution is 2.10. The molecular weight excluding hydrogens is 197 g/mol. The third-order valence-corrected chi connectivity index (χ3v) is 1.97. The number of benzene rings is 1. The molecular formula is C10H8FN3O. The van der Waals surface area contributed by atoms with Crippen LogP contribution in [0.2, 0.25) is 0 Å². The Morgan fingerprint density at radius 2 is 2.33 bits per heavy atom. The quantitative estimate of drug-likeness (QED) is 0.706. The summed E-state index contributed by atoms with van der Waals surface area (Å²) >= 11 is 0. The third kappa shape index (κ3) is 1.90. The summed E-state index contributed by atoms with van der Waals surface area (Å²) in [6, 6.07) is 5.96. The Balaban J connectivity index is 2.44. The summed E-state index contributed by atoms with van der Waals surface area (Å²) in [5.74, 6) is -0.347. The van der Waals surface area contributed by atoms with Crippen molar-refractivity contribution in [1.29, 1.82) is 0 Å². The van der Waals surface area contributed by atoms with Crippen molar-refractivity contribution in [3.8, 4) is 5.69 Å². The molecule has 1 aromatic carbocycles. The summed E-state index contributed by atoms with van der Waals surface area (Å²) in [5, 5.41) is 7.47. The van der Waals surface area contributed by atoms with Crippen LogP contribution in [0, 0.1) is 5.82 Å². The number of nitrogens with zero attached hydrogens (tertiary/aromatic N) is 3. The summed E-state index contributed by atoms with van der Waals surface area (Å²) in [6.07, 6.45) is 2.46. The van der Waals surface area contributed by atoms with Crippen molar-refractivity contribution in [2.75, 3.05) is 0 Å². The van der Waals surface area contributed by atoms with E-state index in [1.54, 1.807) is 12.1 Å². The van der Waals surface area contributed by atoms with E-state index in [0.717, 1.165) is 6.29 Å². The second-order valence-corrected chi connectivity index (χ2v) is 2.99. The van der Waals surface area contributed by atoms with Crippen molar-refractivity contribution in [3.63, 3.8) is 0 Å². The van der Waals surface area contributed by atoms with Gasteiger partial charge < -0.3 is 4.79 Å². The molecule has 0 aliphatic rings. The molecule has 2 rings (SSSR count). The molecule has 0 fully saturated rings. The predicted octanol–water partition coefficient (Wildman–Crippen LogP) is 1.15. The van der Waals surface area contributed by atoms with Crippen LogP contribution in [0.1, 0.15) is 5.69 Å². The zero-order chi connectivity index (χ0) is 10.7. The predicted molar refractivity (Wildman–Crippen MR) is 51.1 cm³/mol. The fourth-order valence-corrected chi connectivity index (χ4v) is 1.31. The molecule has 0 bridgehead atoms. The Labute approximate surface area is 85.3 Å². The largest absolute Gasteiger partial charge is 0.303 e. The van der Waals surface area contributed by atoms with Crippen LogP contribution in [-0.2, 0) is 11.2 Å². The van der Waals surface area contributed by atoms with Gasteiger partial charge in [0.15, 0.2) is 0 Å². The number of halogens is 1. The zero-order valence-corrected chi connectivity index (χ0v) is 7.80. The van der Waals surface area contributed by atoms with Gasteiger partial charge in [-0.1, -0.05) is 11.3 Å². The van der Waals surface area contributed by atoms with Gasteiger partial charge in [-0.3, -0.25) is 0 Å². The molecule has 0 radical (unpaired) electrons. The number of aldehydes is 1. The zero-order valence-electron chi connectivity index (χ0n) is 7.80. The summed E-state index contributed by atoms with van der Waals surface area (Å²) in [4.78, 5) is 10.4. The maximum atomic E-state index is 12.9. The van der Waals surface area contributed by atoms with Crippen molar-refractivity contribution < 1.29 is 9.18 Å². The average Bonchev–Trinajstić information content (AvgIpc) is 2.66. The molecule has 0 unspecified atom stereocenters. The topological polar surface area (TPSA) is 47.8 Å². The average molecular weight is 205 g/mol. The summed E-state index contributed by atoms with van der Waals surface area (Å²) in [6.45, 7) is 0. The molecule has 1 aromatic heterocycles. The lowest BCUT2D eigenvalue weighted by Gasteiger charge is -2.03. The fraction of sp³-hybridized carbons (Fsp3) is 0.100. The lowest BCUT2D eigenvalue weighted by atomic mass is 10.3. The first-order chi connectivity index (χ1) is 7.31. The molecule has 15 heavy (non-hydrogen) atoms. The Kier molecular flexibility index (Phi) is 2.53.